The molecule has 0 bridgehead atoms. The Labute approximate surface area is 113 Å². The summed E-state index contributed by atoms with van der Waals surface area (Å²) in [6, 6.07) is 9.09. The first kappa shape index (κ1) is 12.9. The fraction of sp³-hybridized carbons (Fsp3) is 0.0909. The van der Waals surface area contributed by atoms with E-state index < -0.39 is 9.05 Å². The Bertz CT molecular complexity index is 632. The molecule has 2 aromatic rings. The third kappa shape index (κ3) is 3.01. The maximum Gasteiger partial charge on any atom is 0.271 e. The smallest absolute Gasteiger partial charge is 0.206 e. The first-order valence-corrected chi connectivity index (χ1v) is 8.29. The molecule has 0 radical (unpaired) electrons. The van der Waals surface area contributed by atoms with Gasteiger partial charge in [0, 0.05) is 22.1 Å². The summed E-state index contributed by atoms with van der Waals surface area (Å²) >= 11 is 7.15. The van der Waals surface area contributed by atoms with E-state index in [0.29, 0.717) is 17.0 Å². The molecule has 0 aliphatic rings. The van der Waals surface area contributed by atoms with Gasteiger partial charge in [-0.15, -0.1) is 11.3 Å². The summed E-state index contributed by atoms with van der Waals surface area (Å²) in [4.78, 5) is 0. The van der Waals surface area contributed by atoms with Crippen molar-refractivity contribution in [2.24, 2.45) is 0 Å². The van der Waals surface area contributed by atoms with Gasteiger partial charge in [-0.2, -0.15) is 0 Å². The quantitative estimate of drug-likeness (QED) is 0.805. The summed E-state index contributed by atoms with van der Waals surface area (Å²) in [6.45, 7) is 0. The van der Waals surface area contributed by atoms with Crippen LogP contribution in [0.4, 0.5) is 0 Å². The molecule has 1 heterocycles. The number of thiophene rings is 1. The van der Waals surface area contributed by atoms with Crippen molar-refractivity contribution in [1.82, 2.24) is 0 Å². The largest absolute Gasteiger partial charge is 0.271 e. The first-order chi connectivity index (χ1) is 7.98. The predicted molar refractivity (Wildman–Crippen MR) is 71.6 cm³/mol. The summed E-state index contributed by atoms with van der Waals surface area (Å²) in [7, 11) is 1.69. The van der Waals surface area contributed by atoms with Crippen molar-refractivity contribution in [3.8, 4) is 0 Å². The second-order valence-corrected chi connectivity index (χ2v) is 7.52. The molecule has 1 aromatic carbocycles. The molecule has 1 aromatic heterocycles. The minimum absolute atomic E-state index is 0.194. The number of halogens is 2. The van der Waals surface area contributed by atoms with E-state index in [4.69, 9.17) is 22.3 Å². The molecule has 2 nitrogen and oxygen atoms in total. The molecule has 0 saturated carbocycles. The van der Waals surface area contributed by atoms with Gasteiger partial charge >= 0.3 is 0 Å². The zero-order chi connectivity index (χ0) is 12.5. The van der Waals surface area contributed by atoms with Crippen LogP contribution in [0.25, 0.3) is 0 Å². The summed E-state index contributed by atoms with van der Waals surface area (Å²) < 4.78 is 22.9. The van der Waals surface area contributed by atoms with Crippen LogP contribution in [0.1, 0.15) is 11.1 Å². The van der Waals surface area contributed by atoms with Gasteiger partial charge in [0.05, 0.1) is 0 Å². The van der Waals surface area contributed by atoms with Gasteiger partial charge in [0.15, 0.2) is 0 Å². The van der Waals surface area contributed by atoms with E-state index in [0.717, 1.165) is 16.9 Å². The molecule has 17 heavy (non-hydrogen) atoms. The van der Waals surface area contributed by atoms with Gasteiger partial charge < -0.3 is 0 Å². The van der Waals surface area contributed by atoms with E-state index >= 15 is 0 Å². The highest BCUT2D eigenvalue weighted by molar-refractivity contribution is 8.15. The number of rotatable bonds is 3. The Morgan fingerprint density at radius 1 is 1.12 bits per heavy atom. The van der Waals surface area contributed by atoms with Gasteiger partial charge in [0.1, 0.15) is 4.21 Å². The highest BCUT2D eigenvalue weighted by Gasteiger charge is 2.17. The van der Waals surface area contributed by atoms with Crippen LogP contribution in [0.5, 0.6) is 0 Å². The molecule has 90 valence electrons. The van der Waals surface area contributed by atoms with Crippen LogP contribution >= 0.6 is 33.6 Å². The average Bonchev–Trinajstić information content (AvgIpc) is 2.69. The van der Waals surface area contributed by atoms with Gasteiger partial charge in [-0.1, -0.05) is 29.8 Å². The highest BCUT2D eigenvalue weighted by atomic mass is 35.7. The van der Waals surface area contributed by atoms with E-state index in [-0.39, 0.29) is 4.21 Å². The normalized spacial score (nSPS) is 11.6. The van der Waals surface area contributed by atoms with Crippen LogP contribution < -0.4 is 0 Å². The van der Waals surface area contributed by atoms with Gasteiger partial charge in [-0.3, -0.25) is 0 Å². The monoisotopic (exact) mass is 306 g/mol. The van der Waals surface area contributed by atoms with Crippen molar-refractivity contribution in [1.29, 1.82) is 0 Å². The van der Waals surface area contributed by atoms with E-state index in [1.165, 1.54) is 0 Å². The maximum atomic E-state index is 11.3. The topological polar surface area (TPSA) is 34.1 Å². The van der Waals surface area contributed by atoms with Crippen LogP contribution in [0.3, 0.4) is 0 Å². The number of hydrogen-bond acceptors (Lipinski definition) is 3. The van der Waals surface area contributed by atoms with Crippen LogP contribution in [-0.4, -0.2) is 8.42 Å². The first-order valence-electron chi connectivity index (χ1n) is 4.73. The molecule has 0 aliphatic heterocycles. The highest BCUT2D eigenvalue weighted by Crippen LogP contribution is 2.29. The molecular formula is C11H8Cl2O2S2. The third-order valence-corrected chi connectivity index (χ3v) is 5.77. The second-order valence-electron chi connectivity index (χ2n) is 3.44. The Balaban J connectivity index is 2.39. The molecular weight excluding hydrogens is 299 g/mol. The Hall–Kier alpha value is -0.550. The lowest BCUT2D eigenvalue weighted by molar-refractivity contribution is 0.611. The van der Waals surface area contributed by atoms with Crippen molar-refractivity contribution in [2.75, 3.05) is 0 Å². The molecule has 0 atom stereocenters. The molecule has 0 unspecified atom stereocenters. The summed E-state index contributed by atoms with van der Waals surface area (Å²) in [6.07, 6.45) is 0.463. The Morgan fingerprint density at radius 2 is 1.82 bits per heavy atom. The summed E-state index contributed by atoms with van der Waals surface area (Å²) in [5, 5.41) is 2.33. The van der Waals surface area contributed by atoms with Crippen molar-refractivity contribution >= 4 is 42.7 Å². The summed E-state index contributed by atoms with van der Waals surface area (Å²) in [5.41, 5.74) is 1.56. The van der Waals surface area contributed by atoms with Crippen LogP contribution in [0.15, 0.2) is 39.9 Å². The maximum absolute atomic E-state index is 11.3. The van der Waals surface area contributed by atoms with Crippen LogP contribution in [-0.2, 0) is 15.5 Å². The average molecular weight is 307 g/mol. The van der Waals surface area contributed by atoms with Crippen molar-refractivity contribution in [3.63, 3.8) is 0 Å². The van der Waals surface area contributed by atoms with E-state index in [1.54, 1.807) is 17.5 Å². The van der Waals surface area contributed by atoms with Gasteiger partial charge in [0.25, 0.3) is 9.05 Å². The number of hydrogen-bond donors (Lipinski definition) is 0. The van der Waals surface area contributed by atoms with Crippen molar-refractivity contribution < 1.29 is 8.42 Å². The summed E-state index contributed by atoms with van der Waals surface area (Å²) in [5.74, 6) is 0. The van der Waals surface area contributed by atoms with Crippen molar-refractivity contribution in [3.05, 3.63) is 51.9 Å². The lowest BCUT2D eigenvalue weighted by Gasteiger charge is -2.03. The fourth-order valence-corrected chi connectivity index (χ4v) is 4.07. The molecule has 0 N–H and O–H groups in total. The molecule has 0 amide bonds. The third-order valence-electron chi connectivity index (χ3n) is 2.27. The van der Waals surface area contributed by atoms with E-state index in [9.17, 15) is 8.42 Å². The zero-order valence-electron chi connectivity index (χ0n) is 8.56. The standard InChI is InChI=1S/C11H8Cl2O2S2/c12-10-4-2-1-3-8(10)7-9-5-6-16-11(9)17(13,14)15/h1-6H,7H2. The Kier molecular flexibility index (Phi) is 3.78. The minimum atomic E-state index is -3.68. The van der Waals surface area contributed by atoms with Gasteiger partial charge in [-0.05, 0) is 28.6 Å². The molecule has 0 aliphatic carbocycles. The van der Waals surface area contributed by atoms with Crippen LogP contribution in [0.2, 0.25) is 5.02 Å². The van der Waals surface area contributed by atoms with Crippen molar-refractivity contribution in [2.45, 2.75) is 10.6 Å². The minimum Gasteiger partial charge on any atom is -0.206 e. The van der Waals surface area contributed by atoms with E-state index in [2.05, 4.69) is 0 Å². The number of benzene rings is 1. The SMILES string of the molecule is O=S(=O)(Cl)c1sccc1Cc1ccccc1Cl. The van der Waals surface area contributed by atoms with E-state index in [1.807, 2.05) is 18.2 Å². The Morgan fingerprint density at radius 3 is 2.47 bits per heavy atom. The van der Waals surface area contributed by atoms with Gasteiger partial charge in [-0.25, -0.2) is 8.42 Å². The fourth-order valence-electron chi connectivity index (χ4n) is 1.51. The predicted octanol–water partition coefficient (Wildman–Crippen LogP) is 3.92. The second kappa shape index (κ2) is 4.98. The molecule has 0 saturated heterocycles. The van der Waals surface area contributed by atoms with Crippen LogP contribution in [0, 0.1) is 0 Å². The molecule has 6 heteroatoms. The van der Waals surface area contributed by atoms with Gasteiger partial charge in [0.2, 0.25) is 0 Å². The lowest BCUT2D eigenvalue weighted by Crippen LogP contribution is -1.95. The zero-order valence-corrected chi connectivity index (χ0v) is 11.7. The molecule has 2 rings (SSSR count). The molecule has 0 spiro atoms. The lowest BCUT2D eigenvalue weighted by atomic mass is 10.1. The molecule has 0 fully saturated rings.